The molecule has 1 atom stereocenters. The van der Waals surface area contributed by atoms with E-state index in [1.807, 2.05) is 12.1 Å². The van der Waals surface area contributed by atoms with Gasteiger partial charge in [0.1, 0.15) is 11.5 Å². The molecule has 0 aliphatic heterocycles. The Bertz CT molecular complexity index is 312. The molecule has 0 saturated carbocycles. The van der Waals surface area contributed by atoms with E-state index < -0.39 is 0 Å². The lowest BCUT2D eigenvalue weighted by molar-refractivity contribution is 0.404. The van der Waals surface area contributed by atoms with Crippen LogP contribution >= 0.6 is 0 Å². The van der Waals surface area contributed by atoms with E-state index in [0.717, 1.165) is 24.8 Å². The Morgan fingerprint density at radius 3 is 2.73 bits per heavy atom. The van der Waals surface area contributed by atoms with Crippen LogP contribution in [0.2, 0.25) is 0 Å². The second kappa shape index (κ2) is 5.61. The first-order valence-corrected chi connectivity index (χ1v) is 5.31. The number of ether oxygens (including phenoxy) is 1. The van der Waals surface area contributed by atoms with Crippen molar-refractivity contribution >= 4 is 0 Å². The van der Waals surface area contributed by atoms with Crippen molar-refractivity contribution in [1.82, 2.24) is 0 Å². The van der Waals surface area contributed by atoms with Crippen LogP contribution in [0.4, 0.5) is 0 Å². The number of hydrogen-bond donors (Lipinski definition) is 2. The minimum Gasteiger partial charge on any atom is -0.507 e. The highest BCUT2D eigenvalue weighted by Gasteiger charge is 2.10. The Morgan fingerprint density at radius 2 is 2.20 bits per heavy atom. The van der Waals surface area contributed by atoms with Gasteiger partial charge < -0.3 is 15.6 Å². The summed E-state index contributed by atoms with van der Waals surface area (Å²) in [6.07, 6.45) is 3.09. The molecule has 3 nitrogen and oxygen atoms in total. The minimum atomic E-state index is -0.0872. The number of aromatic hydroxyl groups is 1. The quantitative estimate of drug-likeness (QED) is 0.783. The summed E-state index contributed by atoms with van der Waals surface area (Å²) in [6.45, 7) is 2.13. The fraction of sp³-hybridized carbons (Fsp3) is 0.500. The van der Waals surface area contributed by atoms with Gasteiger partial charge >= 0.3 is 0 Å². The number of methoxy groups -OCH3 is 1. The molecule has 1 aromatic rings. The second-order valence-corrected chi connectivity index (χ2v) is 3.67. The highest BCUT2D eigenvalue weighted by atomic mass is 16.5. The van der Waals surface area contributed by atoms with E-state index in [9.17, 15) is 5.11 Å². The van der Waals surface area contributed by atoms with E-state index in [-0.39, 0.29) is 11.8 Å². The smallest absolute Gasteiger partial charge is 0.124 e. The highest BCUT2D eigenvalue weighted by Crippen LogP contribution is 2.29. The summed E-state index contributed by atoms with van der Waals surface area (Å²) in [6, 6.07) is 5.16. The largest absolute Gasteiger partial charge is 0.507 e. The van der Waals surface area contributed by atoms with Crippen LogP contribution in [-0.4, -0.2) is 12.2 Å². The van der Waals surface area contributed by atoms with E-state index in [1.54, 1.807) is 13.2 Å². The number of phenols is 1. The van der Waals surface area contributed by atoms with Crippen LogP contribution in [0.25, 0.3) is 0 Å². The maximum Gasteiger partial charge on any atom is 0.124 e. The van der Waals surface area contributed by atoms with Gasteiger partial charge in [0.15, 0.2) is 0 Å². The van der Waals surface area contributed by atoms with Crippen molar-refractivity contribution in [2.45, 2.75) is 32.2 Å². The van der Waals surface area contributed by atoms with Gasteiger partial charge in [-0.3, -0.25) is 0 Å². The topological polar surface area (TPSA) is 55.5 Å². The molecule has 0 spiro atoms. The van der Waals surface area contributed by atoms with E-state index in [2.05, 4.69) is 6.92 Å². The van der Waals surface area contributed by atoms with Crippen LogP contribution in [0.15, 0.2) is 18.2 Å². The zero-order valence-electron chi connectivity index (χ0n) is 9.36. The van der Waals surface area contributed by atoms with Crippen LogP contribution in [-0.2, 0) is 0 Å². The first-order valence-electron chi connectivity index (χ1n) is 5.31. The molecule has 1 aromatic carbocycles. The molecule has 0 heterocycles. The van der Waals surface area contributed by atoms with Crippen LogP contribution in [0.5, 0.6) is 11.5 Å². The average Bonchev–Trinajstić information content (AvgIpc) is 2.25. The molecule has 0 aliphatic rings. The predicted molar refractivity (Wildman–Crippen MR) is 61.1 cm³/mol. The molecular weight excluding hydrogens is 190 g/mol. The SMILES string of the molecule is CCCC[C@H](N)c1ccc(OC)cc1O. The molecule has 15 heavy (non-hydrogen) atoms. The maximum absolute atomic E-state index is 9.73. The van der Waals surface area contributed by atoms with E-state index in [4.69, 9.17) is 10.5 Å². The van der Waals surface area contributed by atoms with Gasteiger partial charge in [0.25, 0.3) is 0 Å². The van der Waals surface area contributed by atoms with Crippen molar-refractivity contribution in [2.24, 2.45) is 5.73 Å². The Balaban J connectivity index is 2.76. The van der Waals surface area contributed by atoms with E-state index >= 15 is 0 Å². The molecule has 0 fully saturated rings. The fourth-order valence-electron chi connectivity index (χ4n) is 1.54. The van der Waals surface area contributed by atoms with Gasteiger partial charge in [-0.1, -0.05) is 25.8 Å². The maximum atomic E-state index is 9.73. The number of hydrogen-bond acceptors (Lipinski definition) is 3. The van der Waals surface area contributed by atoms with Crippen LogP contribution in [0.3, 0.4) is 0 Å². The lowest BCUT2D eigenvalue weighted by Crippen LogP contribution is -2.10. The first kappa shape index (κ1) is 11.9. The third kappa shape index (κ3) is 3.13. The molecule has 0 aromatic heterocycles. The van der Waals surface area contributed by atoms with Crippen molar-refractivity contribution in [2.75, 3.05) is 7.11 Å². The van der Waals surface area contributed by atoms with Crippen LogP contribution < -0.4 is 10.5 Å². The van der Waals surface area contributed by atoms with Gasteiger partial charge in [0, 0.05) is 17.7 Å². The Morgan fingerprint density at radius 1 is 1.47 bits per heavy atom. The van der Waals surface area contributed by atoms with Crippen molar-refractivity contribution in [3.63, 3.8) is 0 Å². The highest BCUT2D eigenvalue weighted by molar-refractivity contribution is 5.41. The third-order valence-electron chi connectivity index (χ3n) is 2.51. The minimum absolute atomic E-state index is 0.0872. The third-order valence-corrected chi connectivity index (χ3v) is 2.51. The van der Waals surface area contributed by atoms with Crippen LogP contribution in [0.1, 0.15) is 37.8 Å². The average molecular weight is 209 g/mol. The molecule has 0 aliphatic carbocycles. The van der Waals surface area contributed by atoms with Crippen molar-refractivity contribution in [1.29, 1.82) is 0 Å². The standard InChI is InChI=1S/C12H19NO2/c1-3-4-5-11(13)10-7-6-9(15-2)8-12(10)14/h6-8,11,14H,3-5,13H2,1-2H3/t11-/m0/s1. The zero-order valence-corrected chi connectivity index (χ0v) is 9.36. The Hall–Kier alpha value is -1.22. The van der Waals surface area contributed by atoms with E-state index in [0.29, 0.717) is 5.75 Å². The fourth-order valence-corrected chi connectivity index (χ4v) is 1.54. The van der Waals surface area contributed by atoms with Gasteiger partial charge in [0.05, 0.1) is 7.11 Å². The van der Waals surface area contributed by atoms with Crippen molar-refractivity contribution in [3.8, 4) is 11.5 Å². The van der Waals surface area contributed by atoms with Gasteiger partial charge in [-0.25, -0.2) is 0 Å². The van der Waals surface area contributed by atoms with E-state index in [1.165, 1.54) is 0 Å². The summed E-state index contributed by atoms with van der Waals surface area (Å²) < 4.78 is 5.01. The number of nitrogens with two attached hydrogens (primary N) is 1. The lowest BCUT2D eigenvalue weighted by Gasteiger charge is -2.13. The van der Waals surface area contributed by atoms with Gasteiger partial charge in [-0.15, -0.1) is 0 Å². The summed E-state index contributed by atoms with van der Waals surface area (Å²) >= 11 is 0. The van der Waals surface area contributed by atoms with Crippen molar-refractivity contribution < 1.29 is 9.84 Å². The van der Waals surface area contributed by atoms with Gasteiger partial charge in [-0.05, 0) is 12.5 Å². The molecule has 0 amide bonds. The number of unbranched alkanes of at least 4 members (excludes halogenated alkanes) is 1. The van der Waals surface area contributed by atoms with Crippen molar-refractivity contribution in [3.05, 3.63) is 23.8 Å². The molecule has 0 bridgehead atoms. The summed E-state index contributed by atoms with van der Waals surface area (Å²) in [7, 11) is 1.57. The number of rotatable bonds is 5. The lowest BCUT2D eigenvalue weighted by atomic mass is 10.0. The van der Waals surface area contributed by atoms with Gasteiger partial charge in [0.2, 0.25) is 0 Å². The number of benzene rings is 1. The molecule has 3 heteroatoms. The molecule has 84 valence electrons. The summed E-state index contributed by atoms with van der Waals surface area (Å²) in [5, 5.41) is 9.73. The normalized spacial score (nSPS) is 12.5. The summed E-state index contributed by atoms with van der Waals surface area (Å²) in [5.41, 5.74) is 6.77. The molecule has 1 rings (SSSR count). The predicted octanol–water partition coefficient (Wildman–Crippen LogP) is 2.59. The van der Waals surface area contributed by atoms with Gasteiger partial charge in [-0.2, -0.15) is 0 Å². The first-order chi connectivity index (χ1) is 7.19. The number of phenolic OH excluding ortho intramolecular Hbond substituents is 1. The molecule has 3 N–H and O–H groups in total. The van der Waals surface area contributed by atoms with Crippen LogP contribution in [0, 0.1) is 0 Å². The Kier molecular flexibility index (Phi) is 4.43. The molecular formula is C12H19NO2. The Labute approximate surface area is 90.9 Å². The molecule has 0 radical (unpaired) electrons. The zero-order chi connectivity index (χ0) is 11.3. The monoisotopic (exact) mass is 209 g/mol. The molecule has 0 saturated heterocycles. The summed E-state index contributed by atoms with van der Waals surface area (Å²) in [4.78, 5) is 0. The summed E-state index contributed by atoms with van der Waals surface area (Å²) in [5.74, 6) is 0.872. The molecule has 0 unspecified atom stereocenters. The second-order valence-electron chi connectivity index (χ2n) is 3.67.